The third-order valence-corrected chi connectivity index (χ3v) is 2.61. The van der Waals surface area contributed by atoms with Gasteiger partial charge in [-0.3, -0.25) is 10.2 Å². The van der Waals surface area contributed by atoms with Crippen LogP contribution in [0.5, 0.6) is 5.75 Å². The summed E-state index contributed by atoms with van der Waals surface area (Å²) in [5.41, 5.74) is 4.28. The molecule has 94 valence electrons. The van der Waals surface area contributed by atoms with E-state index in [-0.39, 0.29) is 5.91 Å². The Morgan fingerprint density at radius 1 is 1.35 bits per heavy atom. The van der Waals surface area contributed by atoms with Gasteiger partial charge in [-0.05, 0) is 37.0 Å². The van der Waals surface area contributed by atoms with Gasteiger partial charge in [-0.1, -0.05) is 26.0 Å². The second kappa shape index (κ2) is 5.68. The number of aryl methyl sites for hydroxylation is 1. The first kappa shape index (κ1) is 13.5. The number of amides is 1. The Hall–Kier alpha value is -1.55. The summed E-state index contributed by atoms with van der Waals surface area (Å²) in [7, 11) is 0. The van der Waals surface area contributed by atoms with Gasteiger partial charge in [0.25, 0.3) is 5.91 Å². The number of hydrogen-bond acceptors (Lipinski definition) is 3. The minimum atomic E-state index is -0.598. The van der Waals surface area contributed by atoms with Crippen LogP contribution < -0.4 is 16.0 Å². The molecule has 0 saturated heterocycles. The van der Waals surface area contributed by atoms with E-state index in [4.69, 9.17) is 10.6 Å². The van der Waals surface area contributed by atoms with Crippen molar-refractivity contribution in [2.45, 2.75) is 39.7 Å². The molecule has 17 heavy (non-hydrogen) atoms. The highest BCUT2D eigenvalue weighted by molar-refractivity contribution is 5.80. The lowest BCUT2D eigenvalue weighted by Crippen LogP contribution is -2.40. The summed E-state index contributed by atoms with van der Waals surface area (Å²) in [6.07, 6.45) is -0.598. The summed E-state index contributed by atoms with van der Waals surface area (Å²) >= 11 is 0. The number of nitrogens with one attached hydrogen (secondary N) is 1. The van der Waals surface area contributed by atoms with Crippen molar-refractivity contribution in [2.75, 3.05) is 0 Å². The maximum Gasteiger partial charge on any atom is 0.274 e. The van der Waals surface area contributed by atoms with Gasteiger partial charge < -0.3 is 4.74 Å². The van der Waals surface area contributed by atoms with Crippen molar-refractivity contribution < 1.29 is 9.53 Å². The predicted molar refractivity (Wildman–Crippen MR) is 67.7 cm³/mol. The minimum Gasteiger partial charge on any atom is -0.481 e. The number of benzene rings is 1. The Balaban J connectivity index is 2.96. The molecule has 0 unspecified atom stereocenters. The van der Waals surface area contributed by atoms with Crippen molar-refractivity contribution in [3.05, 3.63) is 29.3 Å². The van der Waals surface area contributed by atoms with Crippen LogP contribution in [0.25, 0.3) is 0 Å². The van der Waals surface area contributed by atoms with Gasteiger partial charge in [-0.25, -0.2) is 5.84 Å². The van der Waals surface area contributed by atoms with Crippen molar-refractivity contribution in [2.24, 2.45) is 5.84 Å². The first-order valence-electron chi connectivity index (χ1n) is 5.73. The monoisotopic (exact) mass is 236 g/mol. The van der Waals surface area contributed by atoms with Gasteiger partial charge in [0.05, 0.1) is 0 Å². The van der Waals surface area contributed by atoms with Crippen LogP contribution in [0.15, 0.2) is 18.2 Å². The normalized spacial score (nSPS) is 12.4. The predicted octanol–water partition coefficient (Wildman–Crippen LogP) is 1.88. The highest BCUT2D eigenvalue weighted by Gasteiger charge is 2.16. The molecule has 0 aliphatic heterocycles. The van der Waals surface area contributed by atoms with Crippen molar-refractivity contribution in [3.8, 4) is 5.75 Å². The van der Waals surface area contributed by atoms with E-state index < -0.39 is 6.10 Å². The van der Waals surface area contributed by atoms with Gasteiger partial charge >= 0.3 is 0 Å². The molecule has 0 heterocycles. The summed E-state index contributed by atoms with van der Waals surface area (Å²) in [5.74, 6) is 5.84. The van der Waals surface area contributed by atoms with Crippen LogP contribution in [0.3, 0.4) is 0 Å². The first-order chi connectivity index (χ1) is 7.95. The number of hydrogen-bond donors (Lipinski definition) is 2. The van der Waals surface area contributed by atoms with Crippen LogP contribution in [0.1, 0.15) is 37.8 Å². The number of ether oxygens (including phenoxy) is 1. The SMILES string of the molecule is Cc1ccc(C(C)C)c(O[C@@H](C)C(=O)NN)c1. The topological polar surface area (TPSA) is 64.3 Å². The van der Waals surface area contributed by atoms with Gasteiger partial charge in [-0.2, -0.15) is 0 Å². The molecule has 0 aromatic heterocycles. The number of hydrazine groups is 1. The fraction of sp³-hybridized carbons (Fsp3) is 0.462. The largest absolute Gasteiger partial charge is 0.481 e. The number of nitrogens with two attached hydrogens (primary N) is 1. The van der Waals surface area contributed by atoms with Crippen molar-refractivity contribution in [1.29, 1.82) is 0 Å². The molecule has 1 aromatic rings. The molecule has 0 aliphatic carbocycles. The molecule has 1 atom stereocenters. The molecular weight excluding hydrogens is 216 g/mol. The first-order valence-corrected chi connectivity index (χ1v) is 5.73. The van der Waals surface area contributed by atoms with E-state index in [9.17, 15) is 4.79 Å². The molecule has 0 radical (unpaired) electrons. The highest BCUT2D eigenvalue weighted by atomic mass is 16.5. The van der Waals surface area contributed by atoms with Gasteiger partial charge in [0, 0.05) is 0 Å². The van der Waals surface area contributed by atoms with Crippen LogP contribution >= 0.6 is 0 Å². The molecule has 0 aliphatic rings. The molecule has 4 heteroatoms. The van der Waals surface area contributed by atoms with Crippen molar-refractivity contribution in [1.82, 2.24) is 5.43 Å². The smallest absolute Gasteiger partial charge is 0.274 e. The minimum absolute atomic E-state index is 0.332. The molecule has 3 N–H and O–H groups in total. The van der Waals surface area contributed by atoms with Crippen LogP contribution in [0.2, 0.25) is 0 Å². The van der Waals surface area contributed by atoms with E-state index in [0.717, 1.165) is 16.9 Å². The van der Waals surface area contributed by atoms with Gasteiger partial charge in [0.1, 0.15) is 5.75 Å². The zero-order valence-electron chi connectivity index (χ0n) is 10.8. The molecule has 0 saturated carbocycles. The maximum absolute atomic E-state index is 11.3. The molecule has 1 amide bonds. The van der Waals surface area contributed by atoms with E-state index in [1.807, 2.05) is 25.1 Å². The Morgan fingerprint density at radius 2 is 2.00 bits per heavy atom. The van der Waals surface area contributed by atoms with Crippen LogP contribution in [0, 0.1) is 6.92 Å². The van der Waals surface area contributed by atoms with Crippen LogP contribution in [-0.4, -0.2) is 12.0 Å². The van der Waals surface area contributed by atoms with Gasteiger partial charge in [-0.15, -0.1) is 0 Å². The second-order valence-electron chi connectivity index (χ2n) is 4.46. The average Bonchev–Trinajstić information content (AvgIpc) is 2.27. The Labute approximate surface area is 102 Å². The van der Waals surface area contributed by atoms with Crippen LogP contribution in [0.4, 0.5) is 0 Å². The van der Waals surface area contributed by atoms with Gasteiger partial charge in [0.2, 0.25) is 0 Å². The van der Waals surface area contributed by atoms with E-state index in [1.165, 1.54) is 0 Å². The summed E-state index contributed by atoms with van der Waals surface area (Å²) < 4.78 is 5.65. The summed E-state index contributed by atoms with van der Waals surface area (Å²) in [5, 5.41) is 0. The lowest BCUT2D eigenvalue weighted by atomic mass is 10.0. The maximum atomic E-state index is 11.3. The Kier molecular flexibility index (Phi) is 4.52. The zero-order valence-corrected chi connectivity index (χ0v) is 10.8. The second-order valence-corrected chi connectivity index (χ2v) is 4.46. The van der Waals surface area contributed by atoms with Crippen molar-refractivity contribution >= 4 is 5.91 Å². The average molecular weight is 236 g/mol. The highest BCUT2D eigenvalue weighted by Crippen LogP contribution is 2.28. The number of carbonyl (C=O) groups excluding carboxylic acids is 1. The molecule has 0 spiro atoms. The Bertz CT molecular complexity index is 402. The van der Waals surface area contributed by atoms with Crippen LogP contribution in [-0.2, 0) is 4.79 Å². The van der Waals surface area contributed by atoms with E-state index >= 15 is 0 Å². The lowest BCUT2D eigenvalue weighted by molar-refractivity contribution is -0.127. The lowest BCUT2D eigenvalue weighted by Gasteiger charge is -2.18. The third-order valence-electron chi connectivity index (χ3n) is 2.61. The molecule has 1 aromatic carbocycles. The fourth-order valence-corrected chi connectivity index (χ4v) is 1.58. The summed E-state index contributed by atoms with van der Waals surface area (Å²) in [6, 6.07) is 6.01. The summed E-state index contributed by atoms with van der Waals surface area (Å²) in [4.78, 5) is 11.3. The van der Waals surface area contributed by atoms with E-state index in [1.54, 1.807) is 6.92 Å². The Morgan fingerprint density at radius 3 is 2.53 bits per heavy atom. The van der Waals surface area contributed by atoms with E-state index in [2.05, 4.69) is 19.3 Å². The fourth-order valence-electron chi connectivity index (χ4n) is 1.58. The molecule has 0 bridgehead atoms. The van der Waals surface area contributed by atoms with Gasteiger partial charge in [0.15, 0.2) is 6.10 Å². The summed E-state index contributed by atoms with van der Waals surface area (Å²) in [6.45, 7) is 7.84. The molecule has 1 rings (SSSR count). The number of rotatable bonds is 4. The van der Waals surface area contributed by atoms with E-state index in [0.29, 0.717) is 5.92 Å². The molecule has 0 fully saturated rings. The molecule has 4 nitrogen and oxygen atoms in total. The zero-order chi connectivity index (χ0) is 13.0. The quantitative estimate of drug-likeness (QED) is 0.476. The van der Waals surface area contributed by atoms with Crippen molar-refractivity contribution in [3.63, 3.8) is 0 Å². The standard InChI is InChI=1S/C13H20N2O2/c1-8(2)11-6-5-9(3)7-12(11)17-10(4)13(16)15-14/h5-8,10H,14H2,1-4H3,(H,15,16)/t10-/m0/s1. The number of carbonyl (C=O) groups is 1. The third kappa shape index (κ3) is 3.46. The molecular formula is C13H20N2O2.